The van der Waals surface area contributed by atoms with Crippen LogP contribution in [0.2, 0.25) is 0 Å². The Kier molecular flexibility index (Phi) is 3.54. The van der Waals surface area contributed by atoms with Gasteiger partial charge in [-0.2, -0.15) is 0 Å². The van der Waals surface area contributed by atoms with Crippen molar-refractivity contribution in [1.29, 1.82) is 0 Å². The number of aromatic amines is 1. The van der Waals surface area contributed by atoms with Crippen LogP contribution in [-0.4, -0.2) is 9.97 Å². The van der Waals surface area contributed by atoms with E-state index in [4.69, 9.17) is 0 Å². The van der Waals surface area contributed by atoms with E-state index in [1.807, 2.05) is 6.20 Å². The van der Waals surface area contributed by atoms with Crippen LogP contribution in [0.4, 0.5) is 0 Å². The molecule has 0 saturated carbocycles. The van der Waals surface area contributed by atoms with Crippen molar-refractivity contribution in [2.24, 2.45) is 0 Å². The van der Waals surface area contributed by atoms with E-state index in [9.17, 15) is 0 Å². The van der Waals surface area contributed by atoms with Crippen LogP contribution >= 0.6 is 0 Å². The summed E-state index contributed by atoms with van der Waals surface area (Å²) in [7, 11) is 0. The van der Waals surface area contributed by atoms with E-state index in [2.05, 4.69) is 53.3 Å². The van der Waals surface area contributed by atoms with Crippen LogP contribution in [-0.2, 0) is 12.8 Å². The highest BCUT2D eigenvalue weighted by molar-refractivity contribution is 5.43. The average Bonchev–Trinajstić information content (AvgIpc) is 2.83. The summed E-state index contributed by atoms with van der Waals surface area (Å²) in [5, 5.41) is 0. The van der Waals surface area contributed by atoms with Gasteiger partial charge in [-0.05, 0) is 30.0 Å². The van der Waals surface area contributed by atoms with E-state index in [-0.39, 0.29) is 0 Å². The molecule has 0 radical (unpaired) electrons. The van der Waals surface area contributed by atoms with Crippen LogP contribution in [0.1, 0.15) is 23.7 Å². The normalized spacial score (nSPS) is 11.1. The summed E-state index contributed by atoms with van der Waals surface area (Å²) in [5.41, 5.74) is 3.78. The summed E-state index contributed by atoms with van der Waals surface area (Å²) in [6.45, 7) is 2.17. The third-order valence-electron chi connectivity index (χ3n) is 2.60. The SMILES string of the molecule is CCc1ccc(C/C=C/c2cnc[nH]2)cc1. The molecule has 0 aliphatic carbocycles. The maximum absolute atomic E-state index is 3.96. The standard InChI is InChI=1S/C14H16N2/c1-2-12-6-8-13(9-7-12)4-3-5-14-10-15-11-16-14/h3,5-11H,2,4H2,1H3,(H,15,16)/b5-3+. The first kappa shape index (κ1) is 10.7. The Balaban J connectivity index is 1.94. The highest BCUT2D eigenvalue weighted by atomic mass is 14.8. The van der Waals surface area contributed by atoms with Crippen LogP contribution in [0.5, 0.6) is 0 Å². The lowest BCUT2D eigenvalue weighted by Gasteiger charge is -1.98. The molecule has 0 spiro atoms. The van der Waals surface area contributed by atoms with Gasteiger partial charge in [0, 0.05) is 0 Å². The van der Waals surface area contributed by atoms with E-state index in [1.54, 1.807) is 6.33 Å². The molecule has 16 heavy (non-hydrogen) atoms. The zero-order valence-electron chi connectivity index (χ0n) is 9.48. The molecule has 1 aromatic heterocycles. The van der Waals surface area contributed by atoms with Gasteiger partial charge in [-0.1, -0.05) is 37.3 Å². The fraction of sp³-hybridized carbons (Fsp3) is 0.214. The van der Waals surface area contributed by atoms with Crippen LogP contribution in [0.25, 0.3) is 6.08 Å². The lowest BCUT2D eigenvalue weighted by molar-refractivity contribution is 1.13. The van der Waals surface area contributed by atoms with Gasteiger partial charge < -0.3 is 4.98 Å². The molecule has 0 amide bonds. The van der Waals surface area contributed by atoms with Gasteiger partial charge in [-0.25, -0.2) is 4.98 Å². The maximum atomic E-state index is 3.96. The molecule has 0 bridgehead atoms. The van der Waals surface area contributed by atoms with Gasteiger partial charge in [0.05, 0.1) is 18.2 Å². The third kappa shape index (κ3) is 2.83. The first-order valence-corrected chi connectivity index (χ1v) is 5.61. The molecule has 1 heterocycles. The molecule has 1 N–H and O–H groups in total. The van der Waals surface area contributed by atoms with E-state index >= 15 is 0 Å². The van der Waals surface area contributed by atoms with Gasteiger partial charge in [-0.3, -0.25) is 0 Å². The van der Waals surface area contributed by atoms with Crippen molar-refractivity contribution >= 4 is 6.08 Å². The van der Waals surface area contributed by atoms with Crippen LogP contribution in [0, 0.1) is 0 Å². The largest absolute Gasteiger partial charge is 0.345 e. The molecule has 2 rings (SSSR count). The number of rotatable bonds is 4. The molecule has 0 aliphatic heterocycles. The molecule has 0 unspecified atom stereocenters. The van der Waals surface area contributed by atoms with Crippen molar-refractivity contribution < 1.29 is 0 Å². The zero-order chi connectivity index (χ0) is 11.2. The molecule has 0 fully saturated rings. The lowest BCUT2D eigenvalue weighted by atomic mass is 10.1. The monoisotopic (exact) mass is 212 g/mol. The summed E-state index contributed by atoms with van der Waals surface area (Å²) in [4.78, 5) is 7.01. The van der Waals surface area contributed by atoms with Crippen LogP contribution in [0.3, 0.4) is 0 Å². The van der Waals surface area contributed by atoms with E-state index < -0.39 is 0 Å². The minimum atomic E-state index is 0.961. The predicted molar refractivity (Wildman–Crippen MR) is 67.1 cm³/mol. The number of hydrogen-bond acceptors (Lipinski definition) is 1. The van der Waals surface area contributed by atoms with Crippen molar-refractivity contribution in [3.63, 3.8) is 0 Å². The van der Waals surface area contributed by atoms with Crippen molar-refractivity contribution in [3.8, 4) is 0 Å². The Morgan fingerprint density at radius 3 is 2.56 bits per heavy atom. The smallest absolute Gasteiger partial charge is 0.0924 e. The fourth-order valence-electron chi connectivity index (χ4n) is 1.59. The van der Waals surface area contributed by atoms with Gasteiger partial charge >= 0.3 is 0 Å². The molecular formula is C14H16N2. The summed E-state index contributed by atoms with van der Waals surface area (Å²) in [6, 6.07) is 8.77. The fourth-order valence-corrected chi connectivity index (χ4v) is 1.59. The number of nitrogens with zero attached hydrogens (tertiary/aromatic N) is 1. The Labute approximate surface area is 96.1 Å². The summed E-state index contributed by atoms with van der Waals surface area (Å²) >= 11 is 0. The summed E-state index contributed by atoms with van der Waals surface area (Å²) < 4.78 is 0. The number of nitrogens with one attached hydrogen (secondary N) is 1. The number of allylic oxidation sites excluding steroid dienone is 1. The Bertz CT molecular complexity index is 438. The number of imidazole rings is 1. The molecule has 82 valence electrons. The number of H-pyrrole nitrogens is 1. The van der Waals surface area contributed by atoms with Crippen molar-refractivity contribution in [1.82, 2.24) is 9.97 Å². The van der Waals surface area contributed by atoms with Gasteiger partial charge in [0.1, 0.15) is 0 Å². The van der Waals surface area contributed by atoms with Gasteiger partial charge in [-0.15, -0.1) is 0 Å². The second kappa shape index (κ2) is 5.31. The van der Waals surface area contributed by atoms with Gasteiger partial charge in [0.2, 0.25) is 0 Å². The zero-order valence-corrected chi connectivity index (χ0v) is 9.48. The quantitative estimate of drug-likeness (QED) is 0.828. The first-order chi connectivity index (χ1) is 7.88. The van der Waals surface area contributed by atoms with Crippen molar-refractivity contribution in [2.45, 2.75) is 19.8 Å². The molecule has 1 aromatic carbocycles. The minimum Gasteiger partial charge on any atom is -0.345 e. The first-order valence-electron chi connectivity index (χ1n) is 5.61. The highest BCUT2D eigenvalue weighted by Crippen LogP contribution is 2.07. The van der Waals surface area contributed by atoms with E-state index in [0.29, 0.717) is 0 Å². The Morgan fingerprint density at radius 1 is 1.19 bits per heavy atom. The van der Waals surface area contributed by atoms with E-state index in [1.165, 1.54) is 11.1 Å². The number of aromatic nitrogens is 2. The van der Waals surface area contributed by atoms with Crippen molar-refractivity contribution in [2.75, 3.05) is 0 Å². The second-order valence-electron chi connectivity index (χ2n) is 3.78. The number of hydrogen-bond donors (Lipinski definition) is 1. The molecule has 0 aliphatic rings. The topological polar surface area (TPSA) is 28.7 Å². The van der Waals surface area contributed by atoms with Gasteiger partial charge in [0.15, 0.2) is 0 Å². The lowest BCUT2D eigenvalue weighted by Crippen LogP contribution is -1.83. The molecular weight excluding hydrogens is 196 g/mol. The Morgan fingerprint density at radius 2 is 1.94 bits per heavy atom. The second-order valence-corrected chi connectivity index (χ2v) is 3.78. The number of benzene rings is 1. The van der Waals surface area contributed by atoms with Gasteiger partial charge in [0.25, 0.3) is 0 Å². The Hall–Kier alpha value is -1.83. The van der Waals surface area contributed by atoms with Crippen LogP contribution in [0.15, 0.2) is 42.9 Å². The number of aryl methyl sites for hydroxylation is 1. The minimum absolute atomic E-state index is 0.961. The van der Waals surface area contributed by atoms with Crippen molar-refractivity contribution in [3.05, 3.63) is 59.7 Å². The summed E-state index contributed by atoms with van der Waals surface area (Å²) in [5.74, 6) is 0. The molecule has 0 saturated heterocycles. The predicted octanol–water partition coefficient (Wildman–Crippen LogP) is 3.23. The third-order valence-corrected chi connectivity index (χ3v) is 2.60. The summed E-state index contributed by atoms with van der Waals surface area (Å²) in [6.07, 6.45) is 9.77. The highest BCUT2D eigenvalue weighted by Gasteiger charge is 1.91. The molecule has 0 atom stereocenters. The molecule has 2 aromatic rings. The maximum Gasteiger partial charge on any atom is 0.0924 e. The average molecular weight is 212 g/mol. The molecule has 2 heteroatoms. The van der Waals surface area contributed by atoms with E-state index in [0.717, 1.165) is 18.5 Å². The van der Waals surface area contributed by atoms with Crippen LogP contribution < -0.4 is 0 Å². The molecule has 2 nitrogen and oxygen atoms in total.